The van der Waals surface area contributed by atoms with Crippen LogP contribution in [0, 0.1) is 0 Å². The Hall–Kier alpha value is -3.61. The van der Waals surface area contributed by atoms with Crippen molar-refractivity contribution in [3.63, 3.8) is 0 Å². The van der Waals surface area contributed by atoms with Gasteiger partial charge in [-0.1, -0.05) is 103 Å². The van der Waals surface area contributed by atoms with Gasteiger partial charge in [-0.15, -0.1) is 0 Å². The van der Waals surface area contributed by atoms with Gasteiger partial charge < -0.3 is 4.90 Å². The number of nitrogens with zero attached hydrogens (tertiary/aromatic N) is 2. The molecule has 0 spiro atoms. The summed E-state index contributed by atoms with van der Waals surface area (Å²) in [6, 6.07) is 33.9. The van der Waals surface area contributed by atoms with Gasteiger partial charge in [0.2, 0.25) is 5.91 Å². The summed E-state index contributed by atoms with van der Waals surface area (Å²) >= 11 is 6.40. The summed E-state index contributed by atoms with van der Waals surface area (Å²) in [6.45, 7) is 0.299. The summed E-state index contributed by atoms with van der Waals surface area (Å²) in [6.07, 6.45) is 0. The Labute approximate surface area is 211 Å². The summed E-state index contributed by atoms with van der Waals surface area (Å²) in [5.41, 5.74) is 2.16. The molecule has 0 N–H and O–H groups in total. The fourth-order valence-corrected chi connectivity index (χ4v) is 5.48. The van der Waals surface area contributed by atoms with Gasteiger partial charge in [0, 0.05) is 13.1 Å². The second-order valence-electron chi connectivity index (χ2n) is 8.00. The minimum absolute atomic E-state index is 0.0883. The van der Waals surface area contributed by atoms with Crippen LogP contribution >= 0.6 is 11.6 Å². The van der Waals surface area contributed by atoms with E-state index in [-0.39, 0.29) is 28.1 Å². The second-order valence-corrected chi connectivity index (χ2v) is 10.3. The highest BCUT2D eigenvalue weighted by Crippen LogP contribution is 2.30. The van der Waals surface area contributed by atoms with Gasteiger partial charge in [0.05, 0.1) is 15.6 Å². The molecule has 0 aliphatic rings. The van der Waals surface area contributed by atoms with E-state index >= 15 is 0 Å². The molecule has 5 nitrogen and oxygen atoms in total. The van der Waals surface area contributed by atoms with Gasteiger partial charge >= 0.3 is 0 Å². The highest BCUT2D eigenvalue weighted by atomic mass is 35.5. The Balaban J connectivity index is 1.70. The molecule has 0 atom stereocenters. The molecule has 4 aromatic carbocycles. The minimum Gasteiger partial charge on any atom is -0.332 e. The molecule has 0 fully saturated rings. The third kappa shape index (κ3) is 6.10. The Morgan fingerprint density at radius 2 is 1.11 bits per heavy atom. The van der Waals surface area contributed by atoms with E-state index in [2.05, 4.69) is 0 Å². The van der Waals surface area contributed by atoms with Crippen molar-refractivity contribution in [3.8, 4) is 0 Å². The molecule has 0 radical (unpaired) electrons. The number of sulfonamides is 1. The zero-order valence-electron chi connectivity index (χ0n) is 19.0. The molecule has 0 aliphatic heterocycles. The van der Waals surface area contributed by atoms with Crippen LogP contribution in [0.1, 0.15) is 11.1 Å². The average Bonchev–Trinajstić information content (AvgIpc) is 2.89. The molecule has 0 saturated carbocycles. The van der Waals surface area contributed by atoms with E-state index in [1.807, 2.05) is 60.7 Å². The highest BCUT2D eigenvalue weighted by Gasteiger charge is 2.30. The number of para-hydroxylation sites is 1. The molecule has 4 rings (SSSR count). The lowest BCUT2D eigenvalue weighted by Crippen LogP contribution is -2.42. The van der Waals surface area contributed by atoms with Gasteiger partial charge in [0.1, 0.15) is 6.54 Å². The number of amides is 1. The van der Waals surface area contributed by atoms with Crippen LogP contribution in [0.25, 0.3) is 0 Å². The molecule has 0 saturated heterocycles. The van der Waals surface area contributed by atoms with Crippen LogP contribution in [0.15, 0.2) is 120 Å². The van der Waals surface area contributed by atoms with Crippen LogP contribution in [0.5, 0.6) is 0 Å². The van der Waals surface area contributed by atoms with E-state index in [1.165, 1.54) is 12.1 Å². The van der Waals surface area contributed by atoms with Gasteiger partial charge in [-0.25, -0.2) is 8.42 Å². The lowest BCUT2D eigenvalue weighted by atomic mass is 10.1. The van der Waals surface area contributed by atoms with Gasteiger partial charge in [0.25, 0.3) is 10.0 Å². The fourth-order valence-electron chi connectivity index (χ4n) is 3.74. The molecule has 4 aromatic rings. The van der Waals surface area contributed by atoms with Crippen molar-refractivity contribution in [2.45, 2.75) is 18.0 Å². The maximum Gasteiger partial charge on any atom is 0.264 e. The average molecular weight is 505 g/mol. The lowest BCUT2D eigenvalue weighted by molar-refractivity contribution is -0.130. The Morgan fingerprint density at radius 1 is 0.657 bits per heavy atom. The summed E-state index contributed by atoms with van der Waals surface area (Å²) in [7, 11) is -4.05. The molecule has 1 amide bonds. The van der Waals surface area contributed by atoms with E-state index in [4.69, 9.17) is 11.6 Å². The number of hydrogen-bond acceptors (Lipinski definition) is 3. The van der Waals surface area contributed by atoms with Crippen molar-refractivity contribution in [2.75, 3.05) is 10.8 Å². The van der Waals surface area contributed by atoms with Crippen LogP contribution in [-0.2, 0) is 27.9 Å². The predicted octanol–water partition coefficient (Wildman–Crippen LogP) is 5.76. The van der Waals surface area contributed by atoms with Crippen molar-refractivity contribution in [1.29, 1.82) is 0 Å². The standard InChI is InChI=1S/C28H25ClN2O3S/c29-26-18-10-11-19-27(26)31(35(33,34)25-16-8-3-9-17-25)22-28(32)30(20-23-12-4-1-5-13-23)21-24-14-6-2-7-15-24/h1-19H,20-22H2. The molecular formula is C28H25ClN2O3S. The second kappa shape index (κ2) is 11.2. The molecule has 0 unspecified atom stereocenters. The van der Waals surface area contributed by atoms with Gasteiger partial charge in [-0.3, -0.25) is 9.10 Å². The van der Waals surface area contributed by atoms with E-state index in [9.17, 15) is 13.2 Å². The van der Waals surface area contributed by atoms with E-state index < -0.39 is 10.0 Å². The first kappa shape index (κ1) is 24.5. The van der Waals surface area contributed by atoms with Gasteiger partial charge in [0.15, 0.2) is 0 Å². The quantitative estimate of drug-likeness (QED) is 0.291. The van der Waals surface area contributed by atoms with Crippen LogP contribution in [0.4, 0.5) is 5.69 Å². The van der Waals surface area contributed by atoms with Gasteiger partial charge in [-0.05, 0) is 35.4 Å². The first-order valence-corrected chi connectivity index (χ1v) is 12.9. The first-order valence-electron chi connectivity index (χ1n) is 11.1. The third-order valence-corrected chi connectivity index (χ3v) is 7.61. The predicted molar refractivity (Wildman–Crippen MR) is 140 cm³/mol. The minimum atomic E-state index is -4.05. The van der Waals surface area contributed by atoms with Crippen molar-refractivity contribution < 1.29 is 13.2 Å². The van der Waals surface area contributed by atoms with E-state index in [0.717, 1.165) is 15.4 Å². The van der Waals surface area contributed by atoms with Crippen molar-refractivity contribution >= 4 is 33.2 Å². The van der Waals surface area contributed by atoms with Crippen molar-refractivity contribution in [1.82, 2.24) is 4.90 Å². The summed E-state index contributed by atoms with van der Waals surface area (Å²) in [5, 5.41) is 0.248. The van der Waals surface area contributed by atoms with Crippen molar-refractivity contribution in [2.24, 2.45) is 0 Å². The number of carbonyl (C=O) groups excluding carboxylic acids is 1. The molecule has 178 valence electrons. The van der Waals surface area contributed by atoms with Crippen molar-refractivity contribution in [3.05, 3.63) is 131 Å². The third-order valence-electron chi connectivity index (χ3n) is 5.52. The molecule has 0 bridgehead atoms. The fraction of sp³-hybridized carbons (Fsp3) is 0.107. The summed E-state index contributed by atoms with van der Waals surface area (Å²) < 4.78 is 28.4. The molecule has 0 aromatic heterocycles. The van der Waals surface area contributed by atoms with Crippen LogP contribution in [-0.4, -0.2) is 25.8 Å². The summed E-state index contributed by atoms with van der Waals surface area (Å²) in [5.74, 6) is -0.336. The number of rotatable bonds is 9. The van der Waals surface area contributed by atoms with E-state index in [1.54, 1.807) is 47.4 Å². The molecule has 7 heteroatoms. The maximum absolute atomic E-state index is 13.7. The molecule has 0 heterocycles. The Kier molecular flexibility index (Phi) is 7.85. The number of benzene rings is 4. The van der Waals surface area contributed by atoms with Crippen LogP contribution in [0.2, 0.25) is 5.02 Å². The maximum atomic E-state index is 13.7. The van der Waals surface area contributed by atoms with Crippen LogP contribution in [0.3, 0.4) is 0 Å². The topological polar surface area (TPSA) is 57.7 Å². The monoisotopic (exact) mass is 504 g/mol. The Bertz CT molecular complexity index is 1320. The number of halogens is 1. The normalized spacial score (nSPS) is 11.1. The van der Waals surface area contributed by atoms with Crippen LogP contribution < -0.4 is 4.31 Å². The smallest absolute Gasteiger partial charge is 0.264 e. The molecular weight excluding hydrogens is 480 g/mol. The van der Waals surface area contributed by atoms with E-state index in [0.29, 0.717) is 13.1 Å². The molecule has 35 heavy (non-hydrogen) atoms. The Morgan fingerprint density at radius 3 is 1.63 bits per heavy atom. The number of hydrogen-bond donors (Lipinski definition) is 0. The first-order chi connectivity index (χ1) is 16.9. The zero-order valence-corrected chi connectivity index (χ0v) is 20.6. The van der Waals surface area contributed by atoms with Gasteiger partial charge in [-0.2, -0.15) is 0 Å². The molecule has 0 aliphatic carbocycles. The summed E-state index contributed by atoms with van der Waals surface area (Å²) in [4.78, 5) is 15.5. The largest absolute Gasteiger partial charge is 0.332 e. The zero-order chi connectivity index (χ0) is 24.7. The number of carbonyl (C=O) groups is 1. The number of anilines is 1. The SMILES string of the molecule is O=C(CN(c1ccccc1Cl)S(=O)(=O)c1ccccc1)N(Cc1ccccc1)Cc1ccccc1. The lowest BCUT2D eigenvalue weighted by Gasteiger charge is -2.29. The highest BCUT2D eigenvalue weighted by molar-refractivity contribution is 7.92.